The number of hydrogen-bond acceptors (Lipinski definition) is 3. The largest absolute Gasteiger partial charge is 0.464 e. The third kappa shape index (κ3) is 2.77. The first-order valence-electron chi connectivity index (χ1n) is 3.71. The lowest BCUT2D eigenvalue weighted by atomic mass is 10.3. The van der Waals surface area contributed by atoms with Crippen molar-refractivity contribution >= 4 is 33.2 Å². The van der Waals surface area contributed by atoms with E-state index in [1.54, 1.807) is 19.1 Å². The maximum atomic E-state index is 13.2. The molecule has 0 fully saturated rings. The summed E-state index contributed by atoms with van der Waals surface area (Å²) in [4.78, 5) is 11.3. The van der Waals surface area contributed by atoms with Crippen molar-refractivity contribution in [2.75, 3.05) is 6.61 Å². The van der Waals surface area contributed by atoms with Crippen molar-refractivity contribution in [1.29, 1.82) is 0 Å². The van der Waals surface area contributed by atoms with Crippen molar-refractivity contribution in [3.8, 4) is 0 Å². The molecule has 0 aliphatic heterocycles. The molecule has 0 spiro atoms. The zero-order chi connectivity index (χ0) is 9.84. The highest BCUT2D eigenvalue weighted by Crippen LogP contribution is 2.30. The molecule has 1 heterocycles. The van der Waals surface area contributed by atoms with Gasteiger partial charge in [-0.1, -0.05) is 0 Å². The maximum absolute atomic E-state index is 13.2. The Morgan fingerprint density at radius 3 is 2.92 bits per heavy atom. The molecule has 1 unspecified atom stereocenters. The van der Waals surface area contributed by atoms with Crippen LogP contribution in [-0.2, 0) is 9.53 Å². The third-order valence-corrected chi connectivity index (χ3v) is 3.00. The molecule has 0 radical (unpaired) electrons. The van der Waals surface area contributed by atoms with Crippen LogP contribution in [0.4, 0.5) is 4.39 Å². The van der Waals surface area contributed by atoms with Crippen LogP contribution < -0.4 is 0 Å². The van der Waals surface area contributed by atoms with Crippen LogP contribution in [0.5, 0.6) is 0 Å². The standard InChI is InChI=1S/C8H8BrFO2S/c1-2-12-8(11)7(10)5-3-4-6(9)13-5/h3-4,7H,2H2,1H3. The Kier molecular flexibility index (Phi) is 3.87. The van der Waals surface area contributed by atoms with Crippen LogP contribution in [0.25, 0.3) is 0 Å². The molecule has 1 atom stereocenters. The van der Waals surface area contributed by atoms with Crippen molar-refractivity contribution in [2.24, 2.45) is 0 Å². The van der Waals surface area contributed by atoms with E-state index in [1.807, 2.05) is 0 Å². The van der Waals surface area contributed by atoms with Crippen LogP contribution in [0.15, 0.2) is 15.9 Å². The number of rotatable bonds is 3. The van der Waals surface area contributed by atoms with E-state index in [1.165, 1.54) is 11.3 Å². The fourth-order valence-electron chi connectivity index (χ4n) is 0.796. The quantitative estimate of drug-likeness (QED) is 0.786. The average Bonchev–Trinajstić information content (AvgIpc) is 2.51. The first-order chi connectivity index (χ1) is 6.15. The van der Waals surface area contributed by atoms with Gasteiger partial charge in [0.25, 0.3) is 0 Å². The Morgan fingerprint density at radius 2 is 2.46 bits per heavy atom. The van der Waals surface area contributed by atoms with E-state index in [-0.39, 0.29) is 6.61 Å². The second kappa shape index (κ2) is 4.72. The summed E-state index contributed by atoms with van der Waals surface area (Å²) in [6, 6.07) is 3.27. The second-order valence-electron chi connectivity index (χ2n) is 2.26. The number of ether oxygens (including phenoxy) is 1. The van der Waals surface area contributed by atoms with Crippen LogP contribution in [0.1, 0.15) is 18.0 Å². The molecule has 1 aromatic heterocycles. The highest BCUT2D eigenvalue weighted by atomic mass is 79.9. The first-order valence-corrected chi connectivity index (χ1v) is 5.32. The SMILES string of the molecule is CCOC(=O)C(F)c1ccc(Br)s1. The summed E-state index contributed by atoms with van der Waals surface area (Å²) in [5.41, 5.74) is 0. The molecule has 5 heteroatoms. The van der Waals surface area contributed by atoms with Gasteiger partial charge in [-0.15, -0.1) is 11.3 Å². The van der Waals surface area contributed by atoms with Crippen LogP contribution >= 0.6 is 27.3 Å². The molecule has 0 saturated heterocycles. The average molecular weight is 267 g/mol. The fourth-order valence-corrected chi connectivity index (χ4v) is 2.19. The molecular weight excluding hydrogens is 259 g/mol. The number of alkyl halides is 1. The van der Waals surface area contributed by atoms with E-state index < -0.39 is 12.1 Å². The molecule has 0 aliphatic rings. The maximum Gasteiger partial charge on any atom is 0.346 e. The summed E-state index contributed by atoms with van der Waals surface area (Å²) in [5.74, 6) is -0.822. The van der Waals surface area contributed by atoms with Crippen LogP contribution in [0, 0.1) is 0 Å². The number of esters is 1. The third-order valence-electron chi connectivity index (χ3n) is 1.34. The molecule has 2 nitrogen and oxygen atoms in total. The summed E-state index contributed by atoms with van der Waals surface area (Å²) in [7, 11) is 0. The molecule has 0 aromatic carbocycles. The molecule has 0 saturated carbocycles. The van der Waals surface area contributed by atoms with Gasteiger partial charge in [0.1, 0.15) is 0 Å². The predicted octanol–water partition coefficient (Wildman–Crippen LogP) is 3.08. The van der Waals surface area contributed by atoms with Gasteiger partial charge in [0.2, 0.25) is 6.17 Å². The Hall–Kier alpha value is -0.420. The van der Waals surface area contributed by atoms with Gasteiger partial charge in [-0.2, -0.15) is 0 Å². The summed E-state index contributed by atoms with van der Waals surface area (Å²) in [6.07, 6.45) is -1.66. The van der Waals surface area contributed by atoms with Gasteiger partial charge >= 0.3 is 5.97 Å². The lowest BCUT2D eigenvalue weighted by molar-refractivity contribution is -0.149. The summed E-state index contributed by atoms with van der Waals surface area (Å²) in [5, 5.41) is 0. The molecule has 0 aliphatic carbocycles. The number of thiophene rings is 1. The minimum Gasteiger partial charge on any atom is -0.464 e. The second-order valence-corrected chi connectivity index (χ2v) is 4.75. The van der Waals surface area contributed by atoms with Crippen LogP contribution in [0.3, 0.4) is 0 Å². The van der Waals surface area contributed by atoms with Gasteiger partial charge in [0.15, 0.2) is 0 Å². The van der Waals surface area contributed by atoms with E-state index in [0.29, 0.717) is 4.88 Å². The smallest absolute Gasteiger partial charge is 0.346 e. The van der Waals surface area contributed by atoms with Crippen molar-refractivity contribution in [2.45, 2.75) is 13.1 Å². The Bertz CT molecular complexity index is 300. The molecule has 0 amide bonds. The highest BCUT2D eigenvalue weighted by molar-refractivity contribution is 9.11. The molecule has 0 bridgehead atoms. The van der Waals surface area contributed by atoms with E-state index in [0.717, 1.165) is 3.79 Å². The Morgan fingerprint density at radius 1 is 1.77 bits per heavy atom. The summed E-state index contributed by atoms with van der Waals surface area (Å²) in [6.45, 7) is 1.85. The van der Waals surface area contributed by atoms with E-state index >= 15 is 0 Å². The van der Waals surface area contributed by atoms with Gasteiger partial charge in [-0.3, -0.25) is 0 Å². The van der Waals surface area contributed by atoms with Crippen LogP contribution in [0.2, 0.25) is 0 Å². The molecular formula is C8H8BrFO2S. The monoisotopic (exact) mass is 266 g/mol. The van der Waals surface area contributed by atoms with Crippen LogP contribution in [-0.4, -0.2) is 12.6 Å². The number of carbonyl (C=O) groups is 1. The molecule has 1 rings (SSSR count). The van der Waals surface area contributed by atoms with Gasteiger partial charge < -0.3 is 4.74 Å². The minimum atomic E-state index is -1.66. The number of carbonyl (C=O) groups excluding carboxylic acids is 1. The number of halogens is 2. The lowest BCUT2D eigenvalue weighted by Crippen LogP contribution is -2.10. The topological polar surface area (TPSA) is 26.3 Å². The predicted molar refractivity (Wildman–Crippen MR) is 52.5 cm³/mol. The fraction of sp³-hybridized carbons (Fsp3) is 0.375. The van der Waals surface area contributed by atoms with Gasteiger partial charge in [-0.25, -0.2) is 9.18 Å². The Labute approximate surface area is 87.8 Å². The van der Waals surface area contributed by atoms with Gasteiger partial charge in [0.05, 0.1) is 15.3 Å². The molecule has 13 heavy (non-hydrogen) atoms. The van der Waals surface area contributed by atoms with Crippen molar-refractivity contribution < 1.29 is 13.9 Å². The molecule has 0 N–H and O–H groups in total. The number of hydrogen-bond donors (Lipinski definition) is 0. The molecule has 1 aromatic rings. The van der Waals surface area contributed by atoms with Crippen molar-refractivity contribution in [3.05, 3.63) is 20.8 Å². The van der Waals surface area contributed by atoms with Gasteiger partial charge in [-0.05, 0) is 35.0 Å². The highest BCUT2D eigenvalue weighted by Gasteiger charge is 2.22. The normalized spacial score (nSPS) is 12.5. The zero-order valence-electron chi connectivity index (χ0n) is 6.92. The van der Waals surface area contributed by atoms with E-state index in [2.05, 4.69) is 20.7 Å². The zero-order valence-corrected chi connectivity index (χ0v) is 9.32. The van der Waals surface area contributed by atoms with Gasteiger partial charge in [0, 0.05) is 0 Å². The van der Waals surface area contributed by atoms with E-state index in [4.69, 9.17) is 0 Å². The summed E-state index contributed by atoms with van der Waals surface area (Å²) < 4.78 is 18.6. The lowest BCUT2D eigenvalue weighted by Gasteiger charge is -2.04. The minimum absolute atomic E-state index is 0.200. The van der Waals surface area contributed by atoms with E-state index in [9.17, 15) is 9.18 Å². The Balaban J connectivity index is 2.67. The summed E-state index contributed by atoms with van der Waals surface area (Å²) >= 11 is 4.38. The van der Waals surface area contributed by atoms with Crippen molar-refractivity contribution in [3.63, 3.8) is 0 Å². The first kappa shape index (κ1) is 10.7. The van der Waals surface area contributed by atoms with Crippen molar-refractivity contribution in [1.82, 2.24) is 0 Å². The molecule has 72 valence electrons.